The fourth-order valence-corrected chi connectivity index (χ4v) is 7.87. The van der Waals surface area contributed by atoms with E-state index >= 15 is 0 Å². The number of rotatable bonds is 46. The molecule has 0 saturated heterocycles. The van der Waals surface area contributed by atoms with Crippen LogP contribution in [0, 0.1) is 0 Å². The highest BCUT2D eigenvalue weighted by atomic mass is 31.2. The van der Waals surface area contributed by atoms with Gasteiger partial charge in [-0.1, -0.05) is 156 Å². The van der Waals surface area contributed by atoms with E-state index in [1.54, 1.807) is 6.92 Å². The first kappa shape index (κ1) is 62.1. The third-order valence-corrected chi connectivity index (χ3v) is 12.0. The van der Waals surface area contributed by atoms with Gasteiger partial charge in [-0.3, -0.25) is 37.3 Å². The third kappa shape index (κ3) is 40.3. The Hall–Kier alpha value is -1.94. The smallest absolute Gasteiger partial charge is 0.462 e. The standard InChI is InChI=1S/C45H86O17P2/c1-5-9-12-14-16-18-20-22-24-26-28-32-45(50)62-41(36-55-42(47)30-11-7-3)38-60-64(53,54)58-34-39(46)33-57-63(51,52)59-37-40(61-44(49)29-8-4)35-56-43(48)31-27-25-23-21-19-17-15-13-10-6-2/h39-41,46H,5-38H2,1-4H3,(H,51,52)(H,53,54)/t39-,40+,41+/m0/s1. The van der Waals surface area contributed by atoms with E-state index in [1.165, 1.54) is 77.0 Å². The maximum absolute atomic E-state index is 12.6. The molecule has 2 unspecified atom stereocenters. The van der Waals surface area contributed by atoms with Gasteiger partial charge in [-0.05, 0) is 25.7 Å². The van der Waals surface area contributed by atoms with Crippen LogP contribution in [0.25, 0.3) is 0 Å². The molecule has 0 radical (unpaired) electrons. The largest absolute Gasteiger partial charge is 0.472 e. The van der Waals surface area contributed by atoms with Gasteiger partial charge in [-0.25, -0.2) is 9.13 Å². The monoisotopic (exact) mass is 961 g/mol. The van der Waals surface area contributed by atoms with E-state index in [4.69, 9.17) is 37.0 Å². The van der Waals surface area contributed by atoms with Gasteiger partial charge in [0.15, 0.2) is 12.2 Å². The molecule has 378 valence electrons. The van der Waals surface area contributed by atoms with E-state index in [2.05, 4.69) is 13.8 Å². The average Bonchev–Trinajstić information content (AvgIpc) is 3.26. The predicted octanol–water partition coefficient (Wildman–Crippen LogP) is 10.5. The van der Waals surface area contributed by atoms with Gasteiger partial charge in [-0.15, -0.1) is 0 Å². The van der Waals surface area contributed by atoms with Crippen LogP contribution in [0.5, 0.6) is 0 Å². The number of phosphoric acid groups is 2. The second-order valence-electron chi connectivity index (χ2n) is 16.4. The quantitative estimate of drug-likeness (QED) is 0.0222. The summed E-state index contributed by atoms with van der Waals surface area (Å²) in [4.78, 5) is 69.7. The number of esters is 4. The Morgan fingerprint density at radius 3 is 1.03 bits per heavy atom. The molecule has 0 aliphatic rings. The molecule has 0 bridgehead atoms. The second kappa shape index (κ2) is 41.3. The number of unbranched alkanes of at least 4 members (excludes halogenated alkanes) is 20. The zero-order chi connectivity index (χ0) is 47.7. The average molecular weight is 961 g/mol. The summed E-state index contributed by atoms with van der Waals surface area (Å²) in [5.74, 6) is -2.26. The summed E-state index contributed by atoms with van der Waals surface area (Å²) in [5, 5.41) is 10.3. The van der Waals surface area contributed by atoms with Crippen LogP contribution in [0.1, 0.15) is 207 Å². The van der Waals surface area contributed by atoms with Crippen LogP contribution >= 0.6 is 15.6 Å². The molecule has 0 spiro atoms. The number of hydrogen-bond donors (Lipinski definition) is 3. The van der Waals surface area contributed by atoms with Crippen molar-refractivity contribution in [3.63, 3.8) is 0 Å². The number of ether oxygens (including phenoxy) is 4. The molecule has 0 saturated carbocycles. The van der Waals surface area contributed by atoms with Crippen molar-refractivity contribution in [3.05, 3.63) is 0 Å². The molecule has 0 aliphatic heterocycles. The summed E-state index contributed by atoms with van der Waals surface area (Å²) in [5.41, 5.74) is 0. The van der Waals surface area contributed by atoms with Gasteiger partial charge in [0.25, 0.3) is 0 Å². The predicted molar refractivity (Wildman–Crippen MR) is 243 cm³/mol. The van der Waals surface area contributed by atoms with Gasteiger partial charge in [0.2, 0.25) is 0 Å². The normalized spacial score (nSPS) is 14.8. The zero-order valence-corrected chi connectivity index (χ0v) is 41.5. The molecule has 0 aliphatic carbocycles. The highest BCUT2D eigenvalue weighted by Crippen LogP contribution is 2.45. The van der Waals surface area contributed by atoms with Crippen molar-refractivity contribution in [2.75, 3.05) is 39.6 Å². The van der Waals surface area contributed by atoms with Gasteiger partial charge in [0, 0.05) is 25.7 Å². The topological polar surface area (TPSA) is 237 Å². The molecule has 0 aromatic heterocycles. The fraction of sp³-hybridized carbons (Fsp3) is 0.911. The lowest BCUT2D eigenvalue weighted by atomic mass is 10.1. The molecule has 17 nitrogen and oxygen atoms in total. The second-order valence-corrected chi connectivity index (χ2v) is 19.3. The van der Waals surface area contributed by atoms with Crippen molar-refractivity contribution >= 4 is 39.5 Å². The molecule has 19 heteroatoms. The molecule has 0 heterocycles. The van der Waals surface area contributed by atoms with Crippen molar-refractivity contribution in [1.82, 2.24) is 0 Å². The lowest BCUT2D eigenvalue weighted by molar-refractivity contribution is -0.161. The first-order chi connectivity index (χ1) is 30.7. The van der Waals surface area contributed by atoms with E-state index in [1.807, 2.05) is 6.92 Å². The summed E-state index contributed by atoms with van der Waals surface area (Å²) >= 11 is 0. The van der Waals surface area contributed by atoms with Crippen molar-refractivity contribution < 1.29 is 80.2 Å². The minimum atomic E-state index is -4.90. The van der Waals surface area contributed by atoms with Crippen LogP contribution < -0.4 is 0 Å². The van der Waals surface area contributed by atoms with E-state index in [-0.39, 0.29) is 25.7 Å². The minimum absolute atomic E-state index is 0.0543. The molecule has 5 atom stereocenters. The summed E-state index contributed by atoms with van der Waals surface area (Å²) in [6.07, 6.45) is 21.3. The molecule has 0 fully saturated rings. The minimum Gasteiger partial charge on any atom is -0.462 e. The highest BCUT2D eigenvalue weighted by Gasteiger charge is 2.30. The van der Waals surface area contributed by atoms with Crippen molar-refractivity contribution in [3.8, 4) is 0 Å². The number of hydrogen-bond acceptors (Lipinski definition) is 15. The SMILES string of the molecule is CCCCCCCCCCCCCC(=O)O[C@H](COC(=O)CCCC)COP(=O)(O)OC[C@@H](O)COP(=O)(O)OC[C@@H](COC(=O)CCCCCCCCCCCC)OC(=O)CCC. The van der Waals surface area contributed by atoms with E-state index in [0.717, 1.165) is 51.4 Å². The third-order valence-electron chi connectivity index (χ3n) is 10.1. The Morgan fingerprint density at radius 1 is 0.375 bits per heavy atom. The summed E-state index contributed by atoms with van der Waals surface area (Å²) in [6, 6.07) is 0. The first-order valence-electron chi connectivity index (χ1n) is 24.3. The Labute approximate surface area is 384 Å². The van der Waals surface area contributed by atoms with Crippen LogP contribution in [-0.2, 0) is 65.4 Å². The summed E-state index contributed by atoms with van der Waals surface area (Å²) < 4.78 is 65.9. The lowest BCUT2D eigenvalue weighted by Crippen LogP contribution is -2.30. The van der Waals surface area contributed by atoms with Crippen molar-refractivity contribution in [1.29, 1.82) is 0 Å². The Morgan fingerprint density at radius 2 is 0.672 bits per heavy atom. The molecule has 0 rings (SSSR count). The molecule has 0 amide bonds. The molecule has 64 heavy (non-hydrogen) atoms. The summed E-state index contributed by atoms with van der Waals surface area (Å²) in [6.45, 7) is 4.07. The molecule has 3 N–H and O–H groups in total. The molecule has 0 aromatic carbocycles. The Bertz CT molecular complexity index is 1290. The zero-order valence-electron chi connectivity index (χ0n) is 39.7. The maximum atomic E-state index is 12.6. The Balaban J connectivity index is 4.84. The molecule has 0 aromatic rings. The number of phosphoric ester groups is 2. The van der Waals surface area contributed by atoms with Crippen LogP contribution in [0.4, 0.5) is 0 Å². The van der Waals surface area contributed by atoms with Gasteiger partial charge >= 0.3 is 39.5 Å². The van der Waals surface area contributed by atoms with Gasteiger partial charge in [0.05, 0.1) is 26.4 Å². The fourth-order valence-electron chi connectivity index (χ4n) is 6.29. The van der Waals surface area contributed by atoms with Crippen LogP contribution in [0.3, 0.4) is 0 Å². The van der Waals surface area contributed by atoms with Crippen molar-refractivity contribution in [2.24, 2.45) is 0 Å². The van der Waals surface area contributed by atoms with Crippen LogP contribution in [0.15, 0.2) is 0 Å². The molecular formula is C45H86O17P2. The van der Waals surface area contributed by atoms with Crippen molar-refractivity contribution in [2.45, 2.75) is 226 Å². The first-order valence-corrected chi connectivity index (χ1v) is 27.3. The number of carbonyl (C=O) groups is 4. The number of aliphatic hydroxyl groups excluding tert-OH is 1. The van der Waals surface area contributed by atoms with Crippen LogP contribution in [-0.4, -0.2) is 96.7 Å². The van der Waals surface area contributed by atoms with E-state index in [0.29, 0.717) is 25.7 Å². The van der Waals surface area contributed by atoms with Gasteiger partial charge < -0.3 is 33.8 Å². The highest BCUT2D eigenvalue weighted by molar-refractivity contribution is 7.47. The van der Waals surface area contributed by atoms with Crippen LogP contribution in [0.2, 0.25) is 0 Å². The van der Waals surface area contributed by atoms with Gasteiger partial charge in [0.1, 0.15) is 19.3 Å². The number of aliphatic hydroxyl groups is 1. The van der Waals surface area contributed by atoms with E-state index in [9.17, 15) is 43.2 Å². The number of carbonyl (C=O) groups excluding carboxylic acids is 4. The van der Waals surface area contributed by atoms with E-state index < -0.39 is 97.5 Å². The lowest BCUT2D eigenvalue weighted by Gasteiger charge is -2.21. The maximum Gasteiger partial charge on any atom is 0.472 e. The van der Waals surface area contributed by atoms with Gasteiger partial charge in [-0.2, -0.15) is 0 Å². The molecular weight excluding hydrogens is 874 g/mol. The Kier molecular flexibility index (Phi) is 40.0. The summed E-state index contributed by atoms with van der Waals surface area (Å²) in [7, 11) is -9.80.